The molecular formula is C15H19N5O2S. The molecule has 2 heterocycles. The van der Waals surface area contributed by atoms with Crippen molar-refractivity contribution >= 4 is 22.8 Å². The van der Waals surface area contributed by atoms with Crippen LogP contribution in [0.5, 0.6) is 0 Å². The van der Waals surface area contributed by atoms with Gasteiger partial charge in [-0.2, -0.15) is 5.26 Å². The summed E-state index contributed by atoms with van der Waals surface area (Å²) in [4.78, 5) is 33.6. The quantitative estimate of drug-likeness (QED) is 0.621. The summed E-state index contributed by atoms with van der Waals surface area (Å²) in [5, 5.41) is 9.41. The van der Waals surface area contributed by atoms with Crippen molar-refractivity contribution in [3.63, 3.8) is 0 Å². The van der Waals surface area contributed by atoms with E-state index in [1.165, 1.54) is 23.4 Å². The average Bonchev–Trinajstić information content (AvgIpc) is 2.48. The molecule has 0 aliphatic rings. The molecule has 23 heavy (non-hydrogen) atoms. The molecule has 0 unspecified atom stereocenters. The molecular weight excluding hydrogens is 314 g/mol. The van der Waals surface area contributed by atoms with Crippen LogP contribution in [0.1, 0.15) is 26.6 Å². The maximum Gasteiger partial charge on any atom is 0.332 e. The number of hydrogen-bond acceptors (Lipinski definition) is 6. The van der Waals surface area contributed by atoms with Gasteiger partial charge in [0.2, 0.25) is 0 Å². The fourth-order valence-electron chi connectivity index (χ4n) is 2.25. The largest absolute Gasteiger partial charge is 0.332 e. The van der Waals surface area contributed by atoms with Gasteiger partial charge in [0.05, 0.1) is 11.3 Å². The Morgan fingerprint density at radius 3 is 2.48 bits per heavy atom. The van der Waals surface area contributed by atoms with Crippen molar-refractivity contribution in [3.05, 3.63) is 26.7 Å². The minimum atomic E-state index is -0.433. The van der Waals surface area contributed by atoms with Crippen molar-refractivity contribution in [2.45, 2.75) is 44.5 Å². The van der Waals surface area contributed by atoms with Gasteiger partial charge in [0.25, 0.3) is 5.56 Å². The SMILES string of the molecule is Cc1nc(S[C@@H](C)C#N)c2c(=O)n(C)c(=O)n(CC(C)C)c2n1. The fraction of sp³-hybridized carbons (Fsp3) is 0.533. The molecule has 0 amide bonds. The Morgan fingerprint density at radius 1 is 1.26 bits per heavy atom. The van der Waals surface area contributed by atoms with Gasteiger partial charge in [-0.3, -0.25) is 13.9 Å². The Morgan fingerprint density at radius 2 is 1.91 bits per heavy atom. The van der Waals surface area contributed by atoms with Crippen LogP contribution in [0.4, 0.5) is 0 Å². The summed E-state index contributed by atoms with van der Waals surface area (Å²) in [6.07, 6.45) is 0. The normalized spacial score (nSPS) is 12.6. The highest BCUT2D eigenvalue weighted by atomic mass is 32.2. The van der Waals surface area contributed by atoms with Gasteiger partial charge in [0.15, 0.2) is 5.65 Å². The number of nitrogens with zero attached hydrogens (tertiary/aromatic N) is 5. The molecule has 0 aliphatic carbocycles. The van der Waals surface area contributed by atoms with E-state index in [1.807, 2.05) is 13.8 Å². The summed E-state index contributed by atoms with van der Waals surface area (Å²) in [6, 6.07) is 2.12. The number of aromatic nitrogens is 4. The van der Waals surface area contributed by atoms with Crippen molar-refractivity contribution in [2.24, 2.45) is 13.0 Å². The van der Waals surface area contributed by atoms with Crippen LogP contribution in [0.25, 0.3) is 11.0 Å². The highest BCUT2D eigenvalue weighted by molar-refractivity contribution is 8.00. The standard InChI is InChI=1S/C15H19N5O2S/c1-8(2)7-20-12-11(14(21)19(5)15(20)22)13(18-10(4)17-12)23-9(3)6-16/h8-9H,7H2,1-5H3/t9-/m0/s1. The van der Waals surface area contributed by atoms with Crippen LogP contribution in [-0.4, -0.2) is 24.4 Å². The topological polar surface area (TPSA) is 93.6 Å². The van der Waals surface area contributed by atoms with Crippen molar-refractivity contribution < 1.29 is 0 Å². The number of thioether (sulfide) groups is 1. The molecule has 7 nitrogen and oxygen atoms in total. The van der Waals surface area contributed by atoms with E-state index in [4.69, 9.17) is 5.26 Å². The summed E-state index contributed by atoms with van der Waals surface area (Å²) in [7, 11) is 1.45. The number of rotatable bonds is 4. The number of hydrogen-bond donors (Lipinski definition) is 0. The maximum absolute atomic E-state index is 12.6. The van der Waals surface area contributed by atoms with E-state index in [-0.39, 0.29) is 11.2 Å². The molecule has 122 valence electrons. The lowest BCUT2D eigenvalue weighted by Crippen LogP contribution is -2.39. The van der Waals surface area contributed by atoms with Crippen LogP contribution >= 0.6 is 11.8 Å². The molecule has 2 aromatic heterocycles. The van der Waals surface area contributed by atoms with E-state index >= 15 is 0 Å². The van der Waals surface area contributed by atoms with E-state index < -0.39 is 11.2 Å². The van der Waals surface area contributed by atoms with Crippen LogP contribution < -0.4 is 11.2 Å². The molecule has 0 fully saturated rings. The number of fused-ring (bicyclic) bond motifs is 1. The monoisotopic (exact) mass is 333 g/mol. The number of aryl methyl sites for hydroxylation is 1. The van der Waals surface area contributed by atoms with Crippen LogP contribution in [0.2, 0.25) is 0 Å². The molecule has 1 atom stereocenters. The Hall–Kier alpha value is -2.14. The molecule has 0 N–H and O–H groups in total. The molecule has 0 aliphatic heterocycles. The van der Waals surface area contributed by atoms with E-state index in [0.717, 1.165) is 4.57 Å². The van der Waals surface area contributed by atoms with Crippen LogP contribution in [0.15, 0.2) is 14.6 Å². The van der Waals surface area contributed by atoms with Gasteiger partial charge >= 0.3 is 5.69 Å². The second kappa shape index (κ2) is 6.54. The molecule has 0 spiro atoms. The van der Waals surface area contributed by atoms with Gasteiger partial charge in [-0.15, -0.1) is 0 Å². The minimum absolute atomic E-state index is 0.220. The van der Waals surface area contributed by atoms with Crippen molar-refractivity contribution in [1.29, 1.82) is 5.26 Å². The molecule has 0 radical (unpaired) electrons. The zero-order valence-corrected chi connectivity index (χ0v) is 14.6. The van der Waals surface area contributed by atoms with Gasteiger partial charge < -0.3 is 0 Å². The van der Waals surface area contributed by atoms with Crippen LogP contribution in [0.3, 0.4) is 0 Å². The average molecular weight is 333 g/mol. The molecule has 0 bridgehead atoms. The molecule has 2 aromatic rings. The van der Waals surface area contributed by atoms with Gasteiger partial charge in [-0.1, -0.05) is 25.6 Å². The Balaban J connectivity index is 2.91. The zero-order valence-electron chi connectivity index (χ0n) is 13.8. The van der Waals surface area contributed by atoms with Gasteiger partial charge in [-0.05, 0) is 19.8 Å². The van der Waals surface area contributed by atoms with E-state index in [9.17, 15) is 9.59 Å². The first-order chi connectivity index (χ1) is 10.8. The second-order valence-corrected chi connectivity index (χ2v) is 7.14. The van der Waals surface area contributed by atoms with Crippen LogP contribution in [0, 0.1) is 24.2 Å². The summed E-state index contributed by atoms with van der Waals surface area (Å²) >= 11 is 1.20. The highest BCUT2D eigenvalue weighted by Gasteiger charge is 2.19. The van der Waals surface area contributed by atoms with Crippen molar-refractivity contribution in [2.75, 3.05) is 0 Å². The Bertz CT molecular complexity index is 907. The van der Waals surface area contributed by atoms with Gasteiger partial charge in [0, 0.05) is 13.6 Å². The third-order valence-electron chi connectivity index (χ3n) is 3.28. The predicted octanol–water partition coefficient (Wildman–Crippen LogP) is 1.46. The first kappa shape index (κ1) is 17.2. The lowest BCUT2D eigenvalue weighted by molar-refractivity contribution is 0.498. The Labute approximate surface area is 138 Å². The predicted molar refractivity (Wildman–Crippen MR) is 89.5 cm³/mol. The zero-order chi connectivity index (χ0) is 17.3. The van der Waals surface area contributed by atoms with E-state index in [1.54, 1.807) is 13.8 Å². The highest BCUT2D eigenvalue weighted by Crippen LogP contribution is 2.26. The summed E-state index contributed by atoms with van der Waals surface area (Å²) in [5.74, 6) is 0.688. The fourth-order valence-corrected chi connectivity index (χ4v) is 3.12. The first-order valence-electron chi connectivity index (χ1n) is 7.30. The van der Waals surface area contributed by atoms with E-state index in [0.29, 0.717) is 28.4 Å². The molecule has 2 rings (SSSR count). The van der Waals surface area contributed by atoms with Crippen LogP contribution in [-0.2, 0) is 13.6 Å². The third-order valence-corrected chi connectivity index (χ3v) is 4.26. The number of nitriles is 1. The first-order valence-corrected chi connectivity index (χ1v) is 8.18. The van der Waals surface area contributed by atoms with Gasteiger partial charge in [-0.25, -0.2) is 14.8 Å². The molecule has 8 heteroatoms. The van der Waals surface area contributed by atoms with Crippen molar-refractivity contribution in [1.82, 2.24) is 19.1 Å². The molecule has 0 saturated heterocycles. The summed E-state index contributed by atoms with van der Waals surface area (Å²) in [5.41, 5.74) is -0.483. The molecule has 0 saturated carbocycles. The smallest absolute Gasteiger partial charge is 0.277 e. The minimum Gasteiger partial charge on any atom is -0.277 e. The van der Waals surface area contributed by atoms with Gasteiger partial charge in [0.1, 0.15) is 16.2 Å². The second-order valence-electron chi connectivity index (χ2n) is 5.81. The maximum atomic E-state index is 12.6. The third kappa shape index (κ3) is 3.29. The molecule has 0 aromatic carbocycles. The summed E-state index contributed by atoms with van der Waals surface area (Å²) in [6.45, 7) is 7.89. The lowest BCUT2D eigenvalue weighted by Gasteiger charge is -2.15. The lowest BCUT2D eigenvalue weighted by atomic mass is 10.2. The Kier molecular flexibility index (Phi) is 4.90. The van der Waals surface area contributed by atoms with Crippen molar-refractivity contribution in [3.8, 4) is 6.07 Å². The summed E-state index contributed by atoms with van der Waals surface area (Å²) < 4.78 is 2.59. The van der Waals surface area contributed by atoms with E-state index in [2.05, 4.69) is 16.0 Å².